The van der Waals surface area contributed by atoms with Gasteiger partial charge < -0.3 is 14.2 Å². The van der Waals surface area contributed by atoms with E-state index in [1.807, 2.05) is 25.5 Å². The van der Waals surface area contributed by atoms with Crippen LogP contribution in [0.3, 0.4) is 0 Å². The fraction of sp³-hybridized carbons (Fsp3) is 0.346. The number of aromatic nitrogens is 4. The van der Waals surface area contributed by atoms with Crippen LogP contribution in [0.5, 0.6) is 5.75 Å². The van der Waals surface area contributed by atoms with Crippen molar-refractivity contribution in [3.05, 3.63) is 64.3 Å². The van der Waals surface area contributed by atoms with Gasteiger partial charge in [-0.1, -0.05) is 30.1 Å². The summed E-state index contributed by atoms with van der Waals surface area (Å²) in [6.45, 7) is 9.18. The number of benzene rings is 1. The monoisotopic (exact) mass is 561 g/mol. The van der Waals surface area contributed by atoms with Crippen molar-refractivity contribution in [2.24, 2.45) is 5.41 Å². The lowest BCUT2D eigenvalue weighted by molar-refractivity contribution is 0.217. The number of ether oxygens (including phenoxy) is 1. The molecule has 5 rings (SSSR count). The fourth-order valence-corrected chi connectivity index (χ4v) is 7.89. The molecule has 0 amide bonds. The molecule has 11 heteroatoms. The maximum Gasteiger partial charge on any atom is 0.176 e. The van der Waals surface area contributed by atoms with E-state index in [0.717, 1.165) is 25.1 Å². The molecule has 1 aliphatic rings. The van der Waals surface area contributed by atoms with Crippen LogP contribution < -0.4 is 9.64 Å². The summed E-state index contributed by atoms with van der Waals surface area (Å²) in [4.78, 5) is 10.7. The van der Waals surface area contributed by atoms with Gasteiger partial charge in [-0.3, -0.25) is 10.1 Å². The van der Waals surface area contributed by atoms with Crippen LogP contribution in [-0.4, -0.2) is 52.7 Å². The number of halogens is 3. The van der Waals surface area contributed by atoms with Crippen LogP contribution in [0.2, 0.25) is 10.0 Å². The van der Waals surface area contributed by atoms with Gasteiger partial charge in [-0.25, -0.2) is 9.37 Å². The van der Waals surface area contributed by atoms with Crippen molar-refractivity contribution in [2.45, 2.75) is 20.0 Å². The van der Waals surface area contributed by atoms with E-state index in [1.54, 1.807) is 25.3 Å². The van der Waals surface area contributed by atoms with Crippen molar-refractivity contribution in [3.63, 3.8) is 0 Å². The van der Waals surface area contributed by atoms with Crippen molar-refractivity contribution in [1.82, 2.24) is 20.2 Å². The average molecular weight is 562 g/mol. The van der Waals surface area contributed by atoms with Gasteiger partial charge in [-0.2, -0.15) is 5.10 Å². The highest BCUT2D eigenvalue weighted by molar-refractivity contribution is 7.62. The molecular weight excluding hydrogens is 535 g/mol. The Labute approximate surface area is 224 Å². The number of rotatable bonds is 7. The van der Waals surface area contributed by atoms with Gasteiger partial charge in [0, 0.05) is 54.4 Å². The first-order valence-corrected chi connectivity index (χ1v) is 15.4. The Bertz CT molecular complexity index is 1500. The lowest BCUT2D eigenvalue weighted by atomic mass is 9.84. The molecule has 0 saturated carbocycles. The highest BCUT2D eigenvalue weighted by Crippen LogP contribution is 2.47. The second kappa shape index (κ2) is 9.57. The Hall–Kier alpha value is -2.67. The summed E-state index contributed by atoms with van der Waals surface area (Å²) < 4.78 is 33.9. The standard InChI is InChI=1S/C26H27Cl2FN5O2P/c1-15(22-17(27)10-30-11-18(22)28)36-20-7-6-19-23(24(20)29)25(33-32-19)16-5-8-21(31-9-16)34-12-26(2,13-34)14-37(3,4)35/h5-11,15H,12-14H2,1-4H3,(H,32,33)/t15-/m1/s1. The number of pyridine rings is 2. The van der Waals surface area contributed by atoms with Gasteiger partial charge in [0.15, 0.2) is 11.6 Å². The third-order valence-corrected chi connectivity index (χ3v) is 8.61. The zero-order valence-corrected chi connectivity index (χ0v) is 23.3. The third kappa shape index (κ3) is 5.20. The minimum Gasteiger partial charge on any atom is -0.483 e. The van der Waals surface area contributed by atoms with Crippen molar-refractivity contribution >= 4 is 47.1 Å². The van der Waals surface area contributed by atoms with E-state index in [4.69, 9.17) is 27.9 Å². The van der Waals surface area contributed by atoms with E-state index in [0.29, 0.717) is 37.8 Å². The molecule has 1 saturated heterocycles. The van der Waals surface area contributed by atoms with Crippen LogP contribution in [0.4, 0.5) is 10.2 Å². The van der Waals surface area contributed by atoms with Crippen molar-refractivity contribution in [3.8, 4) is 17.0 Å². The molecular formula is C26H27Cl2FN5O2P. The number of hydrogen-bond donors (Lipinski definition) is 1. The number of H-pyrrole nitrogens is 1. The van der Waals surface area contributed by atoms with Gasteiger partial charge in [0.05, 0.1) is 28.1 Å². The van der Waals surface area contributed by atoms with E-state index in [1.165, 1.54) is 12.4 Å². The van der Waals surface area contributed by atoms with E-state index in [9.17, 15) is 4.57 Å². The SMILES string of the molecule is C[C@@H](Oc1ccc2[nH]nc(-c3ccc(N4CC(C)(CP(C)(C)=O)C4)nc3)c2c1F)c1c(Cl)cncc1Cl. The molecule has 194 valence electrons. The Kier molecular flexibility index (Phi) is 6.71. The highest BCUT2D eigenvalue weighted by Gasteiger charge is 2.41. The molecule has 3 aromatic heterocycles. The predicted molar refractivity (Wildman–Crippen MR) is 147 cm³/mol. The molecule has 4 heterocycles. The molecule has 0 aliphatic carbocycles. The maximum absolute atomic E-state index is 15.7. The number of hydrogen-bond acceptors (Lipinski definition) is 6. The number of fused-ring (bicyclic) bond motifs is 1. The molecule has 0 unspecified atom stereocenters. The highest BCUT2D eigenvalue weighted by atomic mass is 35.5. The molecule has 1 aliphatic heterocycles. The van der Waals surface area contributed by atoms with Crippen molar-refractivity contribution < 1.29 is 13.7 Å². The fourth-order valence-electron chi connectivity index (χ4n) is 5.18. The number of aromatic amines is 1. The van der Waals surface area contributed by atoms with Crippen LogP contribution in [0, 0.1) is 11.2 Å². The summed E-state index contributed by atoms with van der Waals surface area (Å²) in [5.41, 5.74) is 2.22. The molecule has 1 aromatic carbocycles. The quantitative estimate of drug-likeness (QED) is 0.243. The number of nitrogens with zero attached hydrogens (tertiary/aromatic N) is 4. The van der Waals surface area contributed by atoms with E-state index in [2.05, 4.69) is 32.0 Å². The van der Waals surface area contributed by atoms with Crippen LogP contribution in [0.15, 0.2) is 42.9 Å². The second-order valence-corrected chi connectivity index (χ2v) is 14.7. The van der Waals surface area contributed by atoms with Gasteiger partial charge in [0.1, 0.15) is 17.6 Å². The summed E-state index contributed by atoms with van der Waals surface area (Å²) in [5, 5.41) is 8.24. The molecule has 1 N–H and O–H groups in total. The molecule has 0 radical (unpaired) electrons. The van der Waals surface area contributed by atoms with Crippen molar-refractivity contribution in [1.29, 1.82) is 0 Å². The topological polar surface area (TPSA) is 84.0 Å². The summed E-state index contributed by atoms with van der Waals surface area (Å²) in [5.74, 6) is 0.341. The van der Waals surface area contributed by atoms with Gasteiger partial charge >= 0.3 is 0 Å². The Morgan fingerprint density at radius 3 is 2.49 bits per heavy atom. The second-order valence-electron chi connectivity index (χ2n) is 10.5. The molecule has 0 spiro atoms. The summed E-state index contributed by atoms with van der Waals surface area (Å²) >= 11 is 12.5. The minimum absolute atomic E-state index is 0.0269. The molecule has 1 atom stereocenters. The Morgan fingerprint density at radius 2 is 1.86 bits per heavy atom. The van der Waals surface area contributed by atoms with Crippen LogP contribution in [0.1, 0.15) is 25.5 Å². The lowest BCUT2D eigenvalue weighted by Crippen LogP contribution is -2.56. The van der Waals surface area contributed by atoms with Gasteiger partial charge in [-0.15, -0.1) is 0 Å². The van der Waals surface area contributed by atoms with Gasteiger partial charge in [-0.05, 0) is 44.5 Å². The minimum atomic E-state index is -2.10. The first-order chi connectivity index (χ1) is 17.4. The number of anilines is 1. The summed E-state index contributed by atoms with van der Waals surface area (Å²) in [6.07, 6.45) is 4.74. The Morgan fingerprint density at radius 1 is 1.16 bits per heavy atom. The predicted octanol–water partition coefficient (Wildman–Crippen LogP) is 7.05. The largest absolute Gasteiger partial charge is 0.483 e. The third-order valence-electron chi connectivity index (χ3n) is 6.49. The zero-order valence-electron chi connectivity index (χ0n) is 20.9. The summed E-state index contributed by atoms with van der Waals surface area (Å²) in [6, 6.07) is 7.05. The lowest BCUT2D eigenvalue weighted by Gasteiger charge is -2.49. The molecule has 4 aromatic rings. The van der Waals surface area contributed by atoms with Crippen LogP contribution in [-0.2, 0) is 4.57 Å². The molecule has 1 fully saturated rings. The zero-order chi connectivity index (χ0) is 26.5. The van der Waals surface area contributed by atoms with Crippen LogP contribution in [0.25, 0.3) is 22.2 Å². The molecule has 7 nitrogen and oxygen atoms in total. The van der Waals surface area contributed by atoms with Gasteiger partial charge in [0.25, 0.3) is 0 Å². The van der Waals surface area contributed by atoms with E-state index >= 15 is 4.39 Å². The van der Waals surface area contributed by atoms with Crippen LogP contribution >= 0.6 is 30.3 Å². The molecule has 37 heavy (non-hydrogen) atoms. The van der Waals surface area contributed by atoms with Crippen molar-refractivity contribution in [2.75, 3.05) is 37.5 Å². The average Bonchev–Trinajstić information content (AvgIpc) is 3.23. The first kappa shape index (κ1) is 26.0. The number of nitrogens with one attached hydrogen (secondary N) is 1. The maximum atomic E-state index is 15.7. The van der Waals surface area contributed by atoms with E-state index < -0.39 is 19.1 Å². The van der Waals surface area contributed by atoms with Gasteiger partial charge in [0.2, 0.25) is 0 Å². The first-order valence-electron chi connectivity index (χ1n) is 11.8. The summed E-state index contributed by atoms with van der Waals surface area (Å²) in [7, 11) is -2.10. The molecule has 0 bridgehead atoms. The smallest absolute Gasteiger partial charge is 0.176 e. The Balaban J connectivity index is 1.38. The van der Waals surface area contributed by atoms with E-state index in [-0.39, 0.29) is 11.2 Å². The normalized spacial score (nSPS) is 16.0.